The van der Waals surface area contributed by atoms with Crippen LogP contribution in [0, 0.1) is 0 Å². The Bertz CT molecular complexity index is 416. The second-order valence-corrected chi connectivity index (χ2v) is 7.14. The lowest BCUT2D eigenvalue weighted by Gasteiger charge is -2.30. The van der Waals surface area contributed by atoms with Crippen molar-refractivity contribution in [3.05, 3.63) is 22.4 Å². The van der Waals surface area contributed by atoms with Gasteiger partial charge in [0.05, 0.1) is 6.04 Å². The molecule has 0 spiro atoms. The van der Waals surface area contributed by atoms with Gasteiger partial charge in [-0.05, 0) is 60.3 Å². The number of nitrogens with zero attached hydrogens (tertiary/aromatic N) is 2. The van der Waals surface area contributed by atoms with Crippen LogP contribution in [-0.4, -0.2) is 56.1 Å². The van der Waals surface area contributed by atoms with Crippen molar-refractivity contribution in [2.75, 3.05) is 45.2 Å². The number of hydrogen-bond donors (Lipinski definition) is 2. The molecule has 0 fully saturated rings. The van der Waals surface area contributed by atoms with Crippen LogP contribution in [0.4, 0.5) is 0 Å². The van der Waals surface area contributed by atoms with Gasteiger partial charge in [0.2, 0.25) is 0 Å². The van der Waals surface area contributed by atoms with Crippen LogP contribution < -0.4 is 10.6 Å². The van der Waals surface area contributed by atoms with Crippen LogP contribution >= 0.6 is 23.1 Å². The van der Waals surface area contributed by atoms with Crippen molar-refractivity contribution in [1.82, 2.24) is 15.5 Å². The Morgan fingerprint density at radius 2 is 2.09 bits per heavy atom. The summed E-state index contributed by atoms with van der Waals surface area (Å²) in [7, 11) is 1.84. The van der Waals surface area contributed by atoms with Gasteiger partial charge in [-0.2, -0.15) is 23.1 Å². The lowest BCUT2D eigenvalue weighted by atomic mass is 10.1. The molecule has 132 valence electrons. The van der Waals surface area contributed by atoms with E-state index in [-0.39, 0.29) is 0 Å². The summed E-state index contributed by atoms with van der Waals surface area (Å²) in [6, 6.07) is 2.62. The molecule has 4 nitrogen and oxygen atoms in total. The number of thiophene rings is 1. The van der Waals surface area contributed by atoms with Gasteiger partial charge >= 0.3 is 0 Å². The third kappa shape index (κ3) is 7.59. The van der Waals surface area contributed by atoms with Crippen LogP contribution in [0.2, 0.25) is 0 Å². The molecule has 0 aliphatic heterocycles. The Morgan fingerprint density at radius 1 is 1.30 bits per heavy atom. The summed E-state index contributed by atoms with van der Waals surface area (Å²) >= 11 is 3.67. The second-order valence-electron chi connectivity index (χ2n) is 5.37. The van der Waals surface area contributed by atoms with Crippen LogP contribution in [0.3, 0.4) is 0 Å². The first-order valence-corrected chi connectivity index (χ1v) is 10.8. The quantitative estimate of drug-likeness (QED) is 0.362. The van der Waals surface area contributed by atoms with Gasteiger partial charge in [-0.25, -0.2) is 0 Å². The number of likely N-dealkylation sites (N-methyl/N-ethyl adjacent to an activating group) is 1. The summed E-state index contributed by atoms with van der Waals surface area (Å²) in [6.45, 7) is 8.42. The number of guanidine groups is 1. The van der Waals surface area contributed by atoms with Crippen LogP contribution in [-0.2, 0) is 0 Å². The lowest BCUT2D eigenvalue weighted by Crippen LogP contribution is -2.43. The van der Waals surface area contributed by atoms with E-state index >= 15 is 0 Å². The van der Waals surface area contributed by atoms with Gasteiger partial charge in [-0.15, -0.1) is 0 Å². The Hall–Kier alpha value is -0.720. The summed E-state index contributed by atoms with van der Waals surface area (Å²) in [5.41, 5.74) is 1.39. The number of unbranched alkanes of at least 4 members (excludes halogenated alkanes) is 1. The standard InChI is InChI=1S/C17H32N4S2/c1-5-21(6-2)16(15-9-12-23-14-15)13-20-17(18-3)19-10-7-8-11-22-4/h9,12,14,16H,5-8,10-11,13H2,1-4H3,(H2,18,19,20). The number of rotatable bonds is 11. The van der Waals surface area contributed by atoms with E-state index in [0.717, 1.165) is 32.1 Å². The average Bonchev–Trinajstić information content (AvgIpc) is 3.10. The van der Waals surface area contributed by atoms with E-state index in [1.165, 1.54) is 24.2 Å². The highest BCUT2D eigenvalue weighted by Gasteiger charge is 2.18. The van der Waals surface area contributed by atoms with Crippen molar-refractivity contribution in [1.29, 1.82) is 0 Å². The van der Waals surface area contributed by atoms with Crippen molar-refractivity contribution >= 4 is 29.1 Å². The van der Waals surface area contributed by atoms with E-state index in [4.69, 9.17) is 0 Å². The predicted molar refractivity (Wildman–Crippen MR) is 107 cm³/mol. The molecule has 1 unspecified atom stereocenters. The molecule has 1 aromatic heterocycles. The zero-order valence-corrected chi connectivity index (χ0v) is 16.6. The molecular weight excluding hydrogens is 324 g/mol. The van der Waals surface area contributed by atoms with Gasteiger partial charge < -0.3 is 10.6 Å². The molecule has 0 radical (unpaired) electrons. The van der Waals surface area contributed by atoms with E-state index in [9.17, 15) is 0 Å². The monoisotopic (exact) mass is 356 g/mol. The zero-order valence-electron chi connectivity index (χ0n) is 15.0. The summed E-state index contributed by atoms with van der Waals surface area (Å²) < 4.78 is 0. The van der Waals surface area contributed by atoms with Crippen molar-refractivity contribution in [2.45, 2.75) is 32.7 Å². The first kappa shape index (κ1) is 20.3. The molecule has 0 aromatic carbocycles. The highest BCUT2D eigenvalue weighted by Crippen LogP contribution is 2.22. The lowest BCUT2D eigenvalue weighted by molar-refractivity contribution is 0.219. The summed E-state index contributed by atoms with van der Waals surface area (Å²) in [5, 5.41) is 11.3. The van der Waals surface area contributed by atoms with Gasteiger partial charge in [0, 0.05) is 20.1 Å². The minimum atomic E-state index is 0.395. The van der Waals surface area contributed by atoms with Gasteiger partial charge in [-0.3, -0.25) is 9.89 Å². The van der Waals surface area contributed by atoms with Crippen LogP contribution in [0.5, 0.6) is 0 Å². The first-order chi connectivity index (χ1) is 11.3. The average molecular weight is 357 g/mol. The van der Waals surface area contributed by atoms with E-state index in [0.29, 0.717) is 6.04 Å². The minimum absolute atomic E-state index is 0.395. The zero-order chi connectivity index (χ0) is 16.9. The second kappa shape index (κ2) is 12.7. The molecule has 1 aromatic rings. The van der Waals surface area contributed by atoms with E-state index in [2.05, 4.69) is 57.5 Å². The topological polar surface area (TPSA) is 39.7 Å². The fourth-order valence-electron chi connectivity index (χ4n) is 2.58. The van der Waals surface area contributed by atoms with E-state index < -0.39 is 0 Å². The Morgan fingerprint density at radius 3 is 2.65 bits per heavy atom. The van der Waals surface area contributed by atoms with Gasteiger partial charge in [0.25, 0.3) is 0 Å². The van der Waals surface area contributed by atoms with Crippen molar-refractivity contribution < 1.29 is 0 Å². The molecule has 0 bridgehead atoms. The van der Waals surface area contributed by atoms with Gasteiger partial charge in [0.1, 0.15) is 0 Å². The molecule has 0 saturated heterocycles. The predicted octanol–water partition coefficient (Wildman–Crippen LogP) is 3.44. The van der Waals surface area contributed by atoms with Gasteiger partial charge in [-0.1, -0.05) is 13.8 Å². The molecule has 0 aliphatic rings. The van der Waals surface area contributed by atoms with Crippen LogP contribution in [0.25, 0.3) is 0 Å². The van der Waals surface area contributed by atoms with Gasteiger partial charge in [0.15, 0.2) is 5.96 Å². The highest BCUT2D eigenvalue weighted by atomic mass is 32.2. The maximum atomic E-state index is 4.34. The SMILES string of the molecule is CCN(CC)C(CNC(=NC)NCCCCSC)c1ccsc1. The number of nitrogens with one attached hydrogen (secondary N) is 2. The summed E-state index contributed by atoms with van der Waals surface area (Å²) in [4.78, 5) is 6.83. The molecule has 0 aliphatic carbocycles. The Balaban J connectivity index is 2.49. The molecule has 23 heavy (non-hydrogen) atoms. The maximum Gasteiger partial charge on any atom is 0.191 e. The van der Waals surface area contributed by atoms with Crippen molar-refractivity contribution in [2.24, 2.45) is 4.99 Å². The normalized spacial score (nSPS) is 13.3. The molecule has 6 heteroatoms. The molecule has 1 atom stereocenters. The maximum absolute atomic E-state index is 4.34. The van der Waals surface area contributed by atoms with E-state index in [1.807, 2.05) is 18.8 Å². The Kier molecular flexibility index (Phi) is 11.2. The van der Waals surface area contributed by atoms with E-state index in [1.54, 1.807) is 11.3 Å². The molecule has 0 amide bonds. The number of hydrogen-bond acceptors (Lipinski definition) is 4. The number of thioether (sulfide) groups is 1. The fourth-order valence-corrected chi connectivity index (χ4v) is 3.78. The third-order valence-corrected chi connectivity index (χ3v) is 5.33. The summed E-state index contributed by atoms with van der Waals surface area (Å²) in [6.07, 6.45) is 4.60. The largest absolute Gasteiger partial charge is 0.356 e. The van der Waals surface area contributed by atoms with Crippen LogP contribution in [0.15, 0.2) is 21.8 Å². The molecule has 2 N–H and O–H groups in total. The first-order valence-electron chi connectivity index (χ1n) is 8.46. The van der Waals surface area contributed by atoms with Crippen molar-refractivity contribution in [3.8, 4) is 0 Å². The minimum Gasteiger partial charge on any atom is -0.356 e. The Labute approximate surface area is 150 Å². The molecule has 0 saturated carbocycles. The smallest absolute Gasteiger partial charge is 0.191 e. The molecule has 1 heterocycles. The third-order valence-electron chi connectivity index (χ3n) is 3.94. The van der Waals surface area contributed by atoms with Crippen LogP contribution in [0.1, 0.15) is 38.3 Å². The fraction of sp³-hybridized carbons (Fsp3) is 0.706. The molecular formula is C17H32N4S2. The highest BCUT2D eigenvalue weighted by molar-refractivity contribution is 7.98. The number of aliphatic imine (C=N–C) groups is 1. The molecule has 1 rings (SSSR count). The summed E-state index contributed by atoms with van der Waals surface area (Å²) in [5.74, 6) is 2.14. The van der Waals surface area contributed by atoms with Crippen molar-refractivity contribution in [3.63, 3.8) is 0 Å².